The van der Waals surface area contributed by atoms with Crippen LogP contribution < -0.4 is 18.6 Å². The van der Waals surface area contributed by atoms with Gasteiger partial charge in [-0.25, -0.2) is 23.1 Å². The first-order valence-corrected chi connectivity index (χ1v) is 8.36. The molecule has 0 spiro atoms. The Morgan fingerprint density at radius 3 is 1.73 bits per heavy atom. The average molecular weight is 421 g/mol. The number of carbonyl (C=O) groups excluding carboxylic acids is 1. The summed E-state index contributed by atoms with van der Waals surface area (Å²) in [5.41, 5.74) is 1.59. The topological polar surface area (TPSA) is 121 Å². The molecule has 2 saturated carbocycles. The largest absolute Gasteiger partial charge is 0.336 e. The molecule has 2 aliphatic rings. The van der Waals surface area contributed by atoms with Crippen LogP contribution in [0.25, 0.3) is 0 Å². The van der Waals surface area contributed by atoms with Gasteiger partial charge in [0.1, 0.15) is 5.56 Å². The number of ketones is 1. The van der Waals surface area contributed by atoms with E-state index >= 15 is 0 Å². The van der Waals surface area contributed by atoms with E-state index in [-0.39, 0.29) is 22.9 Å². The Bertz CT molecular complexity index is 523. The first-order valence-electron chi connectivity index (χ1n) is 7.12. The fourth-order valence-electron chi connectivity index (χ4n) is 1.89. The van der Waals surface area contributed by atoms with Gasteiger partial charge in [0.15, 0.2) is 5.78 Å². The number of Topliss-reactive ketones (excluding diaryl/α,β-unsaturated/α-hetero) is 1. The first-order chi connectivity index (χ1) is 11.7. The van der Waals surface area contributed by atoms with Gasteiger partial charge < -0.3 is 0 Å². The predicted octanol–water partition coefficient (Wildman–Crippen LogP) is -0.912. The summed E-state index contributed by atoms with van der Waals surface area (Å²) < 4.78 is 39.3. The summed E-state index contributed by atoms with van der Waals surface area (Å²) in [5, 5.41) is 0. The number of carbonyl (C=O) groups is 1. The van der Waals surface area contributed by atoms with Crippen LogP contribution >= 0.6 is 0 Å². The molecule has 0 unspecified atom stereocenters. The van der Waals surface area contributed by atoms with Gasteiger partial charge in [0.25, 0.3) is 0 Å². The van der Waals surface area contributed by atoms with Crippen molar-refractivity contribution >= 4 is 5.78 Å². The van der Waals surface area contributed by atoms with Crippen LogP contribution in [0.5, 0.6) is 0 Å². The van der Waals surface area contributed by atoms with Gasteiger partial charge in [0.2, 0.25) is 0 Å². The molecule has 26 heavy (non-hydrogen) atoms. The molecule has 1 aromatic heterocycles. The molecular formula is C18H17ClFeO6. The second-order valence-corrected chi connectivity index (χ2v) is 5.63. The monoisotopic (exact) mass is 420 g/mol. The van der Waals surface area contributed by atoms with E-state index in [0.29, 0.717) is 11.3 Å². The van der Waals surface area contributed by atoms with Gasteiger partial charge in [0.05, 0.1) is 12.5 Å². The van der Waals surface area contributed by atoms with Crippen LogP contribution in [-0.2, 0) is 17.1 Å². The zero-order chi connectivity index (χ0) is 18.9. The van der Waals surface area contributed by atoms with Gasteiger partial charge in [-0.2, -0.15) is 0 Å². The summed E-state index contributed by atoms with van der Waals surface area (Å²) in [7, 11) is -4.94. The second-order valence-electron chi connectivity index (χ2n) is 4.88. The van der Waals surface area contributed by atoms with Gasteiger partial charge in [-0.15, -0.1) is 10.2 Å². The molecule has 10 radical (unpaired) electrons. The van der Waals surface area contributed by atoms with Gasteiger partial charge in [-0.3, -0.25) is 4.79 Å². The Morgan fingerprint density at radius 1 is 0.923 bits per heavy atom. The van der Waals surface area contributed by atoms with Crippen molar-refractivity contribution in [2.45, 2.75) is 13.8 Å². The minimum atomic E-state index is -4.94. The number of halogens is 1. The standard InChI is InChI=1S/C13H12O2.C5H5.ClHO4.Fe/c1-9(14)13-7-12(8-15-10(13)2)11-5-3-4-6-11;1-2-4-5-3-1;2-1(3,4)5;/h3-8H,1-2H3;1-5H;(H,2,3,4,5);/q+1;;;/p-1. The third kappa shape index (κ3) is 11.2. The van der Waals surface area contributed by atoms with Crippen LogP contribution in [-0.4, -0.2) is 5.78 Å². The minimum Gasteiger partial charge on any atom is -0.294 e. The van der Waals surface area contributed by atoms with Crippen molar-refractivity contribution in [2.75, 3.05) is 0 Å². The Balaban J connectivity index is 0.000000471. The molecule has 1 aromatic rings. The van der Waals surface area contributed by atoms with E-state index in [1.165, 1.54) is 0 Å². The molecule has 140 valence electrons. The summed E-state index contributed by atoms with van der Waals surface area (Å²) >= 11 is 0. The molecule has 8 heteroatoms. The molecule has 0 saturated heterocycles. The summed E-state index contributed by atoms with van der Waals surface area (Å²) in [6.45, 7) is 3.35. The van der Waals surface area contributed by atoms with Crippen molar-refractivity contribution in [3.8, 4) is 0 Å². The first kappa shape index (κ1) is 25.5. The Labute approximate surface area is 167 Å². The fourth-order valence-corrected chi connectivity index (χ4v) is 1.89. The van der Waals surface area contributed by atoms with Crippen LogP contribution in [0.1, 0.15) is 28.6 Å². The maximum Gasteiger partial charge on any atom is 0.336 e. The molecule has 6 nitrogen and oxygen atoms in total. The zero-order valence-electron chi connectivity index (χ0n) is 14.0. The molecule has 2 aliphatic carbocycles. The molecule has 0 atom stereocenters. The van der Waals surface area contributed by atoms with E-state index in [9.17, 15) is 4.79 Å². The molecule has 0 N–H and O–H groups in total. The second kappa shape index (κ2) is 12.8. The molecule has 0 aliphatic heterocycles. The molecule has 0 bridgehead atoms. The number of rotatable bonds is 2. The van der Waals surface area contributed by atoms with Gasteiger partial charge in [-0.05, 0) is 70.8 Å². The summed E-state index contributed by atoms with van der Waals surface area (Å²) in [6.07, 6.45) is 19.6. The van der Waals surface area contributed by atoms with E-state index in [2.05, 4.69) is 0 Å². The third-order valence-electron chi connectivity index (χ3n) is 2.97. The fraction of sp³-hybridized carbons (Fsp3) is 0.111. The normalized spacial score (nSPS) is 16.7. The Hall–Kier alpha value is -0.531. The molecular weight excluding hydrogens is 403 g/mol. The van der Waals surface area contributed by atoms with Crippen molar-refractivity contribution in [3.05, 3.63) is 92.9 Å². The van der Waals surface area contributed by atoms with Crippen molar-refractivity contribution < 1.29 is 55.2 Å². The van der Waals surface area contributed by atoms with Crippen molar-refractivity contribution in [1.29, 1.82) is 0 Å². The van der Waals surface area contributed by atoms with E-state index in [4.69, 9.17) is 23.1 Å². The Kier molecular flexibility index (Phi) is 12.5. The molecule has 0 amide bonds. The van der Waals surface area contributed by atoms with Crippen LogP contribution in [0.4, 0.5) is 0 Å². The summed E-state index contributed by atoms with van der Waals surface area (Å²) in [4.78, 5) is 11.3. The molecule has 2 fully saturated rings. The SMILES string of the molecule is CC(=O)c1cc([C]2[CH][CH][CH][CH]2)c[o+]c1C.[CH]1[CH][CH][CH][CH]1.[Fe].[O-][Cl+3]([O-])([O-])[O-]. The molecule has 3 rings (SSSR count). The minimum absolute atomic E-state index is 0. The van der Waals surface area contributed by atoms with Crippen LogP contribution in [0, 0.1) is 80.9 Å². The number of hydrogen-bond donors (Lipinski definition) is 0. The van der Waals surface area contributed by atoms with Gasteiger partial charge >= 0.3 is 12.0 Å². The van der Waals surface area contributed by atoms with Crippen molar-refractivity contribution in [3.63, 3.8) is 0 Å². The van der Waals surface area contributed by atoms with Crippen LogP contribution in [0.2, 0.25) is 0 Å². The smallest absolute Gasteiger partial charge is 0.294 e. The van der Waals surface area contributed by atoms with Crippen molar-refractivity contribution in [1.82, 2.24) is 0 Å². The van der Waals surface area contributed by atoms with E-state index < -0.39 is 10.2 Å². The molecule has 0 aromatic carbocycles. The van der Waals surface area contributed by atoms with E-state index in [1.54, 1.807) is 20.1 Å². The van der Waals surface area contributed by atoms with Crippen molar-refractivity contribution in [2.24, 2.45) is 0 Å². The third-order valence-corrected chi connectivity index (χ3v) is 2.97. The van der Waals surface area contributed by atoms with E-state index in [0.717, 1.165) is 11.5 Å². The zero-order valence-corrected chi connectivity index (χ0v) is 15.9. The van der Waals surface area contributed by atoms with Gasteiger partial charge in [-0.1, -0.05) is 0 Å². The van der Waals surface area contributed by atoms with Crippen LogP contribution in [0.3, 0.4) is 0 Å². The predicted molar refractivity (Wildman–Crippen MR) is 78.9 cm³/mol. The maximum atomic E-state index is 11.3. The van der Waals surface area contributed by atoms with Gasteiger partial charge in [0, 0.05) is 23.0 Å². The Morgan fingerprint density at radius 2 is 1.35 bits per heavy atom. The maximum absolute atomic E-state index is 11.3. The number of hydrogen-bond acceptors (Lipinski definition) is 5. The summed E-state index contributed by atoms with van der Waals surface area (Å²) in [5.74, 6) is 1.77. The molecule has 1 heterocycles. The number of aryl methyl sites for hydroxylation is 1. The summed E-state index contributed by atoms with van der Waals surface area (Å²) in [6, 6.07) is 1.87. The average Bonchev–Trinajstić information content (AvgIpc) is 3.22. The van der Waals surface area contributed by atoms with E-state index in [1.807, 2.05) is 63.9 Å². The van der Waals surface area contributed by atoms with Crippen LogP contribution in [0.15, 0.2) is 16.7 Å². The quantitative estimate of drug-likeness (QED) is 0.347.